The van der Waals surface area contributed by atoms with Crippen LogP contribution in [-0.4, -0.2) is 41.6 Å². The van der Waals surface area contributed by atoms with Crippen LogP contribution in [0.5, 0.6) is 11.5 Å². The highest BCUT2D eigenvalue weighted by atomic mass is 19.3. The zero-order chi connectivity index (χ0) is 18.8. The van der Waals surface area contributed by atoms with Crippen molar-refractivity contribution in [3.05, 3.63) is 41.4 Å². The number of methoxy groups -OCH3 is 2. The first-order valence-electron chi connectivity index (χ1n) is 7.54. The molecule has 2 aromatic rings. The fourth-order valence-corrected chi connectivity index (χ4v) is 2.82. The summed E-state index contributed by atoms with van der Waals surface area (Å²) in [4.78, 5) is 16.4. The molecule has 0 spiro atoms. The van der Waals surface area contributed by atoms with E-state index in [1.807, 2.05) is 0 Å². The monoisotopic (exact) mass is 366 g/mol. The maximum atomic E-state index is 12.5. The number of hydrogen-bond acceptors (Lipinski definition) is 7. The van der Waals surface area contributed by atoms with E-state index < -0.39 is 18.6 Å². The number of carbonyl (C=O) groups is 1. The van der Waals surface area contributed by atoms with Crippen molar-refractivity contribution < 1.29 is 27.8 Å². The lowest BCUT2D eigenvalue weighted by Crippen LogP contribution is -2.29. The number of nitrogens with zero attached hydrogens (tertiary/aromatic N) is 3. The molecule has 1 atom stereocenters. The molecule has 0 amide bonds. The molecule has 0 saturated carbocycles. The van der Waals surface area contributed by atoms with Crippen LogP contribution < -0.4 is 14.8 Å². The molecule has 10 heteroatoms. The molecule has 1 aromatic carbocycles. The van der Waals surface area contributed by atoms with E-state index in [4.69, 9.17) is 9.47 Å². The van der Waals surface area contributed by atoms with Crippen molar-refractivity contribution in [3.63, 3.8) is 0 Å². The molecule has 0 aliphatic carbocycles. The van der Waals surface area contributed by atoms with Crippen molar-refractivity contribution in [1.82, 2.24) is 14.8 Å². The smallest absolute Gasteiger partial charge is 0.387 e. The van der Waals surface area contributed by atoms with Crippen LogP contribution in [0, 0.1) is 0 Å². The van der Waals surface area contributed by atoms with Crippen molar-refractivity contribution >= 4 is 11.9 Å². The zero-order valence-electron chi connectivity index (χ0n) is 14.2. The maximum Gasteiger partial charge on any atom is 0.387 e. The van der Waals surface area contributed by atoms with Crippen molar-refractivity contribution in [2.24, 2.45) is 0 Å². The number of rotatable bonds is 5. The number of halogens is 2. The number of aromatic nitrogens is 3. The third-order valence-electron chi connectivity index (χ3n) is 3.92. The van der Waals surface area contributed by atoms with Gasteiger partial charge in [-0.2, -0.15) is 18.9 Å². The molecule has 1 N–H and O–H groups in total. The number of alkyl halides is 2. The van der Waals surface area contributed by atoms with Gasteiger partial charge in [-0.05, 0) is 24.6 Å². The molecule has 2 heterocycles. The average molecular weight is 366 g/mol. The number of allylic oxidation sites excluding steroid dienone is 1. The van der Waals surface area contributed by atoms with Gasteiger partial charge in [-0.15, -0.1) is 0 Å². The topological polar surface area (TPSA) is 87.5 Å². The Morgan fingerprint density at radius 2 is 2.08 bits per heavy atom. The predicted octanol–water partition coefficient (Wildman–Crippen LogP) is 2.35. The highest BCUT2D eigenvalue weighted by Gasteiger charge is 2.34. The van der Waals surface area contributed by atoms with E-state index in [0.717, 1.165) is 0 Å². The van der Waals surface area contributed by atoms with E-state index >= 15 is 0 Å². The molecule has 3 rings (SSSR count). The second-order valence-corrected chi connectivity index (χ2v) is 5.37. The van der Waals surface area contributed by atoms with Crippen LogP contribution in [0.3, 0.4) is 0 Å². The summed E-state index contributed by atoms with van der Waals surface area (Å²) in [6, 6.07) is 3.74. The van der Waals surface area contributed by atoms with Crippen LogP contribution in [0.15, 0.2) is 35.8 Å². The van der Waals surface area contributed by atoms with Crippen molar-refractivity contribution in [2.45, 2.75) is 19.6 Å². The van der Waals surface area contributed by atoms with Gasteiger partial charge >= 0.3 is 12.6 Å². The van der Waals surface area contributed by atoms with Crippen molar-refractivity contribution in [2.75, 3.05) is 19.5 Å². The second-order valence-electron chi connectivity index (χ2n) is 5.37. The molecule has 26 heavy (non-hydrogen) atoms. The van der Waals surface area contributed by atoms with Crippen LogP contribution >= 0.6 is 0 Å². The number of carbonyl (C=O) groups excluding carboxylic acids is 1. The summed E-state index contributed by atoms with van der Waals surface area (Å²) in [5.74, 6) is -0.121. The summed E-state index contributed by atoms with van der Waals surface area (Å²) in [6.45, 7) is -1.27. The summed E-state index contributed by atoms with van der Waals surface area (Å²) in [7, 11) is 2.61. The van der Waals surface area contributed by atoms with Gasteiger partial charge in [0, 0.05) is 5.70 Å². The van der Waals surface area contributed by atoms with Crippen LogP contribution in [0.2, 0.25) is 0 Å². The van der Waals surface area contributed by atoms with Crippen molar-refractivity contribution in [1.29, 1.82) is 0 Å². The lowest BCUT2D eigenvalue weighted by atomic mass is 9.95. The molecule has 1 aliphatic rings. The zero-order valence-corrected chi connectivity index (χ0v) is 14.2. The molecule has 0 saturated heterocycles. The Kier molecular flexibility index (Phi) is 4.74. The first-order chi connectivity index (χ1) is 12.5. The lowest BCUT2D eigenvalue weighted by molar-refractivity contribution is -0.136. The molecular formula is C16H16F2N4O4. The van der Waals surface area contributed by atoms with E-state index in [9.17, 15) is 13.6 Å². The number of hydrogen-bond donors (Lipinski definition) is 1. The molecule has 8 nitrogen and oxygen atoms in total. The molecule has 1 aromatic heterocycles. The fraction of sp³-hybridized carbons (Fsp3) is 0.312. The first kappa shape index (κ1) is 17.6. The van der Waals surface area contributed by atoms with Gasteiger partial charge in [-0.3, -0.25) is 0 Å². The highest BCUT2D eigenvalue weighted by molar-refractivity contribution is 5.92. The van der Waals surface area contributed by atoms with Gasteiger partial charge in [0.25, 0.3) is 0 Å². The maximum absolute atomic E-state index is 12.5. The molecule has 0 unspecified atom stereocenters. The number of nitrogens with one attached hydrogen (secondary N) is 1. The molecule has 1 aliphatic heterocycles. The van der Waals surface area contributed by atoms with E-state index in [-0.39, 0.29) is 11.5 Å². The molecular weight excluding hydrogens is 350 g/mol. The summed E-state index contributed by atoms with van der Waals surface area (Å²) < 4.78 is 41.0. The van der Waals surface area contributed by atoms with Crippen LogP contribution in [0.1, 0.15) is 18.5 Å². The van der Waals surface area contributed by atoms with Gasteiger partial charge in [0.1, 0.15) is 12.4 Å². The quantitative estimate of drug-likeness (QED) is 0.813. The van der Waals surface area contributed by atoms with Crippen LogP contribution in [0.25, 0.3) is 0 Å². The van der Waals surface area contributed by atoms with E-state index in [2.05, 4.69) is 20.1 Å². The Hall–Kier alpha value is -3.17. The Balaban J connectivity index is 2.12. The summed E-state index contributed by atoms with van der Waals surface area (Å²) in [5, 5.41) is 7.14. The summed E-state index contributed by atoms with van der Waals surface area (Å²) in [6.07, 6.45) is 1.34. The number of anilines is 1. The van der Waals surface area contributed by atoms with Gasteiger partial charge in [0.2, 0.25) is 5.95 Å². The fourth-order valence-electron chi connectivity index (χ4n) is 2.82. The van der Waals surface area contributed by atoms with Gasteiger partial charge in [0.05, 0.1) is 19.8 Å². The minimum Gasteiger partial charge on any atom is -0.493 e. The van der Waals surface area contributed by atoms with E-state index in [0.29, 0.717) is 22.8 Å². The Bertz CT molecular complexity index is 866. The minimum absolute atomic E-state index is 0.102. The predicted molar refractivity (Wildman–Crippen MR) is 86.1 cm³/mol. The van der Waals surface area contributed by atoms with E-state index in [1.54, 1.807) is 13.0 Å². The molecule has 0 fully saturated rings. The average Bonchev–Trinajstić information content (AvgIpc) is 3.07. The minimum atomic E-state index is -2.98. The second kappa shape index (κ2) is 6.98. The number of esters is 1. The molecule has 0 bridgehead atoms. The largest absolute Gasteiger partial charge is 0.493 e. The summed E-state index contributed by atoms with van der Waals surface area (Å²) >= 11 is 0. The number of fused-ring (bicyclic) bond motifs is 1. The Morgan fingerprint density at radius 1 is 1.31 bits per heavy atom. The Morgan fingerprint density at radius 3 is 2.73 bits per heavy atom. The molecule has 0 radical (unpaired) electrons. The van der Waals surface area contributed by atoms with Crippen LogP contribution in [0.4, 0.5) is 14.7 Å². The molecule has 138 valence electrons. The van der Waals surface area contributed by atoms with Gasteiger partial charge in [-0.25, -0.2) is 9.48 Å². The van der Waals surface area contributed by atoms with Gasteiger partial charge < -0.3 is 19.5 Å². The third kappa shape index (κ3) is 3.05. The van der Waals surface area contributed by atoms with Crippen LogP contribution in [-0.2, 0) is 9.53 Å². The standard InChI is InChI=1S/C16H16F2N4O4/c1-8-12(14(23)25-3)13(22-16(21-8)19-7-20-22)9-4-5-10(26-15(17)18)11(6-9)24-2/h4-7,13,15H,1-3H3,(H,19,20,21)/t13-/m1/s1. The van der Waals surface area contributed by atoms with E-state index in [1.165, 1.54) is 37.4 Å². The third-order valence-corrected chi connectivity index (χ3v) is 3.92. The normalized spacial score (nSPS) is 16.2. The van der Waals surface area contributed by atoms with Gasteiger partial charge in [0.15, 0.2) is 11.5 Å². The first-order valence-corrected chi connectivity index (χ1v) is 7.54. The number of ether oxygens (including phenoxy) is 3. The SMILES string of the molecule is COC(=O)C1=C(C)Nc2ncnn2[C@@H]1c1ccc(OC(F)F)c(OC)c1. The number of benzene rings is 1. The highest BCUT2D eigenvalue weighted by Crippen LogP contribution is 2.39. The Labute approximate surface area is 147 Å². The summed E-state index contributed by atoms with van der Waals surface area (Å²) in [5.41, 5.74) is 1.43. The van der Waals surface area contributed by atoms with Crippen molar-refractivity contribution in [3.8, 4) is 11.5 Å². The van der Waals surface area contributed by atoms with Gasteiger partial charge in [-0.1, -0.05) is 6.07 Å². The lowest BCUT2D eigenvalue weighted by Gasteiger charge is -2.28.